The van der Waals surface area contributed by atoms with Crippen molar-refractivity contribution in [3.8, 4) is 17.2 Å². The lowest BCUT2D eigenvalue weighted by Crippen LogP contribution is -2.44. The summed E-state index contributed by atoms with van der Waals surface area (Å²) in [5.74, 6) is 0.793. The normalized spacial score (nSPS) is 17.0. The van der Waals surface area contributed by atoms with Gasteiger partial charge in [-0.05, 0) is 37.5 Å². The minimum Gasteiger partial charge on any atom is -0.496 e. The predicted molar refractivity (Wildman–Crippen MR) is 66.0 cm³/mol. The van der Waals surface area contributed by atoms with Crippen LogP contribution in [0.1, 0.15) is 25.1 Å². The summed E-state index contributed by atoms with van der Waals surface area (Å²) >= 11 is 0. The molecule has 5 nitrogen and oxygen atoms in total. The van der Waals surface area contributed by atoms with Gasteiger partial charge >= 0.3 is 0 Å². The molecule has 0 amide bonds. The van der Waals surface area contributed by atoms with E-state index >= 15 is 0 Å². The Hall–Kier alpha value is -1.95. The number of nitrogens with zero attached hydrogens (tertiary/aromatic N) is 2. The van der Waals surface area contributed by atoms with Crippen LogP contribution in [0.15, 0.2) is 22.7 Å². The molecule has 0 atom stereocenters. The fourth-order valence-electron chi connectivity index (χ4n) is 2.16. The summed E-state index contributed by atoms with van der Waals surface area (Å²) in [6, 6.07) is 4.14. The van der Waals surface area contributed by atoms with Crippen molar-refractivity contribution in [2.45, 2.75) is 24.8 Å². The molecule has 2 N–H and O–H groups in total. The third-order valence-electron chi connectivity index (χ3n) is 3.51. The van der Waals surface area contributed by atoms with Crippen LogP contribution in [0.3, 0.4) is 0 Å². The van der Waals surface area contributed by atoms with E-state index in [9.17, 15) is 4.39 Å². The Kier molecular flexibility index (Phi) is 2.74. The Morgan fingerprint density at radius 1 is 1.42 bits per heavy atom. The molecule has 0 spiro atoms. The highest BCUT2D eigenvalue weighted by Gasteiger charge is 2.39. The van der Waals surface area contributed by atoms with Crippen molar-refractivity contribution in [3.63, 3.8) is 0 Å². The molecule has 0 unspecified atom stereocenters. The van der Waals surface area contributed by atoms with Crippen molar-refractivity contribution in [1.82, 2.24) is 10.1 Å². The van der Waals surface area contributed by atoms with E-state index in [1.54, 1.807) is 0 Å². The molecule has 6 heteroatoms. The van der Waals surface area contributed by atoms with Crippen LogP contribution in [-0.2, 0) is 5.54 Å². The molecule has 1 fully saturated rings. The van der Waals surface area contributed by atoms with Crippen LogP contribution in [0.4, 0.5) is 4.39 Å². The van der Waals surface area contributed by atoms with Gasteiger partial charge in [0.05, 0.1) is 18.2 Å². The number of ether oxygens (including phenoxy) is 1. The van der Waals surface area contributed by atoms with Crippen LogP contribution >= 0.6 is 0 Å². The molecule has 0 radical (unpaired) electrons. The van der Waals surface area contributed by atoms with Gasteiger partial charge in [0.25, 0.3) is 5.89 Å². The molecular formula is C13H14FN3O2. The first-order valence-electron chi connectivity index (χ1n) is 6.09. The molecule has 0 bridgehead atoms. The smallest absolute Gasteiger partial charge is 0.261 e. The van der Waals surface area contributed by atoms with Gasteiger partial charge in [-0.1, -0.05) is 5.16 Å². The first kappa shape index (κ1) is 12.1. The lowest BCUT2D eigenvalue weighted by atomic mass is 9.77. The molecule has 19 heavy (non-hydrogen) atoms. The fraction of sp³-hybridized carbons (Fsp3) is 0.385. The monoisotopic (exact) mass is 263 g/mol. The van der Waals surface area contributed by atoms with Crippen LogP contribution in [0, 0.1) is 5.82 Å². The fourth-order valence-corrected chi connectivity index (χ4v) is 2.16. The number of methoxy groups -OCH3 is 1. The second-order valence-electron chi connectivity index (χ2n) is 4.78. The highest BCUT2D eigenvalue weighted by atomic mass is 19.1. The van der Waals surface area contributed by atoms with E-state index in [0.29, 0.717) is 17.1 Å². The first-order valence-corrected chi connectivity index (χ1v) is 6.09. The number of benzene rings is 1. The third-order valence-corrected chi connectivity index (χ3v) is 3.51. The highest BCUT2D eigenvalue weighted by molar-refractivity contribution is 5.62. The second kappa shape index (κ2) is 4.31. The van der Waals surface area contributed by atoms with Crippen LogP contribution in [0.2, 0.25) is 0 Å². The molecule has 2 aromatic rings. The Balaban J connectivity index is 2.01. The largest absolute Gasteiger partial charge is 0.496 e. The average Bonchev–Trinajstić information content (AvgIpc) is 2.85. The van der Waals surface area contributed by atoms with Gasteiger partial charge in [-0.15, -0.1) is 0 Å². The predicted octanol–water partition coefficient (Wildman–Crippen LogP) is 2.22. The van der Waals surface area contributed by atoms with Crippen molar-refractivity contribution in [2.24, 2.45) is 5.73 Å². The maximum atomic E-state index is 13.3. The van der Waals surface area contributed by atoms with Gasteiger partial charge < -0.3 is 15.0 Å². The SMILES string of the molecule is COc1ccc(F)cc1-c1nc(C2(N)CCC2)no1. The van der Waals surface area contributed by atoms with Gasteiger partial charge in [0, 0.05) is 0 Å². The summed E-state index contributed by atoms with van der Waals surface area (Å²) in [4.78, 5) is 4.27. The maximum absolute atomic E-state index is 13.3. The number of hydrogen-bond donors (Lipinski definition) is 1. The number of rotatable bonds is 3. The lowest BCUT2D eigenvalue weighted by molar-refractivity contribution is 0.229. The molecule has 1 heterocycles. The number of hydrogen-bond acceptors (Lipinski definition) is 5. The average molecular weight is 263 g/mol. The van der Waals surface area contributed by atoms with Gasteiger partial charge in [-0.25, -0.2) is 4.39 Å². The topological polar surface area (TPSA) is 74.2 Å². The minimum absolute atomic E-state index is 0.225. The van der Waals surface area contributed by atoms with Crippen molar-refractivity contribution < 1.29 is 13.7 Å². The van der Waals surface area contributed by atoms with E-state index in [1.807, 2.05) is 0 Å². The molecule has 3 rings (SSSR count). The van der Waals surface area contributed by atoms with Gasteiger partial charge in [0.1, 0.15) is 11.6 Å². The zero-order valence-corrected chi connectivity index (χ0v) is 10.5. The molecule has 1 aliphatic carbocycles. The number of halogens is 1. The van der Waals surface area contributed by atoms with Gasteiger partial charge in [-0.2, -0.15) is 4.98 Å². The number of nitrogens with two attached hydrogens (primary N) is 1. The van der Waals surface area contributed by atoms with Crippen molar-refractivity contribution in [1.29, 1.82) is 0 Å². The Morgan fingerprint density at radius 3 is 2.84 bits per heavy atom. The zero-order valence-electron chi connectivity index (χ0n) is 10.5. The van der Waals surface area contributed by atoms with Gasteiger partial charge in [0.2, 0.25) is 0 Å². The van der Waals surface area contributed by atoms with E-state index in [0.717, 1.165) is 19.3 Å². The number of aromatic nitrogens is 2. The zero-order chi connectivity index (χ0) is 13.5. The Bertz CT molecular complexity index is 608. The molecule has 1 aromatic carbocycles. The van der Waals surface area contributed by atoms with Crippen LogP contribution in [-0.4, -0.2) is 17.3 Å². The minimum atomic E-state index is -0.498. The van der Waals surface area contributed by atoms with Crippen LogP contribution in [0.25, 0.3) is 11.5 Å². The lowest BCUT2D eigenvalue weighted by Gasteiger charge is -2.34. The molecule has 0 saturated heterocycles. The van der Waals surface area contributed by atoms with Crippen LogP contribution < -0.4 is 10.5 Å². The summed E-state index contributed by atoms with van der Waals surface area (Å²) in [6.07, 6.45) is 2.74. The molecule has 1 saturated carbocycles. The molecule has 100 valence electrons. The highest BCUT2D eigenvalue weighted by Crippen LogP contribution is 2.38. The van der Waals surface area contributed by atoms with Gasteiger partial charge in [-0.3, -0.25) is 0 Å². The summed E-state index contributed by atoms with van der Waals surface area (Å²) < 4.78 is 23.7. The van der Waals surface area contributed by atoms with E-state index < -0.39 is 5.54 Å². The quantitative estimate of drug-likeness (QED) is 0.919. The van der Waals surface area contributed by atoms with E-state index in [1.165, 1.54) is 25.3 Å². The van der Waals surface area contributed by atoms with Gasteiger partial charge in [0.15, 0.2) is 5.82 Å². The van der Waals surface area contributed by atoms with E-state index in [2.05, 4.69) is 10.1 Å². The summed E-state index contributed by atoms with van der Waals surface area (Å²) in [5, 5.41) is 3.90. The molecular weight excluding hydrogens is 249 g/mol. The standard InChI is InChI=1S/C13H14FN3O2/c1-18-10-4-3-8(14)7-9(10)11-16-12(17-19-11)13(15)5-2-6-13/h3-4,7H,2,5-6,15H2,1H3. The van der Waals surface area contributed by atoms with Crippen molar-refractivity contribution in [3.05, 3.63) is 29.8 Å². The Labute approximate surface area is 109 Å². The Morgan fingerprint density at radius 2 is 2.21 bits per heavy atom. The molecule has 1 aromatic heterocycles. The summed E-state index contributed by atoms with van der Waals surface area (Å²) in [6.45, 7) is 0. The van der Waals surface area contributed by atoms with Crippen LogP contribution in [0.5, 0.6) is 5.75 Å². The first-order chi connectivity index (χ1) is 9.12. The molecule has 0 aliphatic heterocycles. The third kappa shape index (κ3) is 1.98. The molecule has 1 aliphatic rings. The maximum Gasteiger partial charge on any atom is 0.261 e. The summed E-state index contributed by atoms with van der Waals surface area (Å²) in [5.41, 5.74) is 6.06. The van der Waals surface area contributed by atoms with Crippen molar-refractivity contribution >= 4 is 0 Å². The second-order valence-corrected chi connectivity index (χ2v) is 4.78. The van der Waals surface area contributed by atoms with Crippen molar-refractivity contribution in [2.75, 3.05) is 7.11 Å². The van der Waals surface area contributed by atoms with E-state index in [4.69, 9.17) is 15.0 Å². The van der Waals surface area contributed by atoms with E-state index in [-0.39, 0.29) is 11.7 Å². The summed E-state index contributed by atoms with van der Waals surface area (Å²) in [7, 11) is 1.50.